The van der Waals surface area contributed by atoms with Crippen LogP contribution in [-0.4, -0.2) is 9.55 Å². The molecule has 0 saturated carbocycles. The van der Waals surface area contributed by atoms with E-state index in [1.807, 2.05) is 24.5 Å². The number of benzene rings is 1. The van der Waals surface area contributed by atoms with Crippen LogP contribution in [0, 0.1) is 0 Å². The van der Waals surface area contributed by atoms with Crippen molar-refractivity contribution in [2.75, 3.05) is 0 Å². The van der Waals surface area contributed by atoms with Gasteiger partial charge in [0.15, 0.2) is 0 Å². The van der Waals surface area contributed by atoms with E-state index >= 15 is 0 Å². The van der Waals surface area contributed by atoms with Gasteiger partial charge in [-0.2, -0.15) is 0 Å². The van der Waals surface area contributed by atoms with Gasteiger partial charge in [-0.3, -0.25) is 0 Å². The number of nitrogens with zero attached hydrogens (tertiary/aromatic N) is 2. The minimum atomic E-state index is 0.430. The van der Waals surface area contributed by atoms with E-state index in [0.29, 0.717) is 5.92 Å². The summed E-state index contributed by atoms with van der Waals surface area (Å²) in [7, 11) is 0. The lowest BCUT2D eigenvalue weighted by Gasteiger charge is -2.09. The first-order valence-electron chi connectivity index (χ1n) is 6.10. The highest BCUT2D eigenvalue weighted by Gasteiger charge is 2.14. The van der Waals surface area contributed by atoms with Gasteiger partial charge < -0.3 is 4.57 Å². The predicted molar refractivity (Wildman–Crippen MR) is 77.6 cm³/mol. The van der Waals surface area contributed by atoms with Crippen LogP contribution in [0.4, 0.5) is 0 Å². The molecule has 0 amide bonds. The van der Waals surface area contributed by atoms with Crippen molar-refractivity contribution in [1.82, 2.24) is 9.55 Å². The van der Waals surface area contributed by atoms with E-state index in [1.165, 1.54) is 5.03 Å². The van der Waals surface area contributed by atoms with Crippen molar-refractivity contribution in [1.29, 1.82) is 0 Å². The summed E-state index contributed by atoms with van der Waals surface area (Å²) in [4.78, 5) is 5.67. The molecule has 0 fully saturated rings. The number of hydrogen-bond donors (Lipinski definition) is 0. The highest BCUT2D eigenvalue weighted by Crippen LogP contribution is 2.34. The lowest BCUT2D eigenvalue weighted by atomic mass is 10.2. The Kier molecular flexibility index (Phi) is 4.36. The summed E-state index contributed by atoms with van der Waals surface area (Å²) in [6, 6.07) is 7.94. The Bertz CT molecular complexity index is 534. The van der Waals surface area contributed by atoms with Crippen LogP contribution in [0.25, 0.3) is 0 Å². The summed E-state index contributed by atoms with van der Waals surface area (Å²) in [5.41, 5.74) is 1.15. The molecule has 0 N–H and O–H groups in total. The van der Waals surface area contributed by atoms with Gasteiger partial charge in [0.1, 0.15) is 5.03 Å². The van der Waals surface area contributed by atoms with Crippen molar-refractivity contribution in [3.05, 3.63) is 41.3 Å². The third kappa shape index (κ3) is 2.90. The molecule has 18 heavy (non-hydrogen) atoms. The van der Waals surface area contributed by atoms with Crippen molar-refractivity contribution in [3.8, 4) is 0 Å². The average Bonchev–Trinajstić information content (AvgIpc) is 2.72. The number of imidazole rings is 1. The van der Waals surface area contributed by atoms with E-state index < -0.39 is 0 Å². The fraction of sp³-hybridized carbons (Fsp3) is 0.357. The van der Waals surface area contributed by atoms with Crippen LogP contribution in [0.3, 0.4) is 0 Å². The zero-order chi connectivity index (χ0) is 13.1. The van der Waals surface area contributed by atoms with E-state index in [4.69, 9.17) is 11.6 Å². The Morgan fingerprint density at radius 2 is 2.17 bits per heavy atom. The van der Waals surface area contributed by atoms with Gasteiger partial charge in [0, 0.05) is 16.5 Å². The maximum atomic E-state index is 6.03. The van der Waals surface area contributed by atoms with E-state index in [1.54, 1.807) is 11.8 Å². The SMILES string of the molecule is CCn1cnc(C(C)C)c1Sc1cccc(Cl)c1. The standard InChI is InChI=1S/C14H17ClN2S/c1-4-17-9-16-13(10(2)3)14(17)18-12-7-5-6-11(15)8-12/h5-10H,4H2,1-3H3. The molecule has 0 atom stereocenters. The Balaban J connectivity index is 2.35. The third-order valence-electron chi connectivity index (χ3n) is 2.71. The van der Waals surface area contributed by atoms with Crippen molar-refractivity contribution >= 4 is 23.4 Å². The van der Waals surface area contributed by atoms with Crippen LogP contribution in [0.5, 0.6) is 0 Å². The van der Waals surface area contributed by atoms with E-state index in [-0.39, 0.29) is 0 Å². The molecular formula is C14H17ClN2S. The van der Waals surface area contributed by atoms with Crippen molar-refractivity contribution in [3.63, 3.8) is 0 Å². The Morgan fingerprint density at radius 1 is 1.39 bits per heavy atom. The molecule has 2 nitrogen and oxygen atoms in total. The van der Waals surface area contributed by atoms with Crippen LogP contribution in [0.15, 0.2) is 40.5 Å². The summed E-state index contributed by atoms with van der Waals surface area (Å²) in [6.45, 7) is 7.41. The maximum Gasteiger partial charge on any atom is 0.103 e. The lowest BCUT2D eigenvalue weighted by molar-refractivity contribution is 0.683. The molecule has 2 rings (SSSR count). The van der Waals surface area contributed by atoms with Crippen LogP contribution in [0.1, 0.15) is 32.4 Å². The molecule has 1 heterocycles. The average molecular weight is 281 g/mol. The highest BCUT2D eigenvalue weighted by molar-refractivity contribution is 7.99. The Labute approximate surface area is 117 Å². The van der Waals surface area contributed by atoms with Crippen molar-refractivity contribution < 1.29 is 0 Å². The molecule has 0 aliphatic carbocycles. The molecule has 1 aromatic heterocycles. The zero-order valence-corrected chi connectivity index (χ0v) is 12.4. The van der Waals surface area contributed by atoms with E-state index in [0.717, 1.165) is 22.2 Å². The predicted octanol–water partition coefficient (Wildman–Crippen LogP) is 4.83. The number of aryl methyl sites for hydroxylation is 1. The largest absolute Gasteiger partial charge is 0.326 e. The second kappa shape index (κ2) is 5.81. The van der Waals surface area contributed by atoms with Gasteiger partial charge in [0.2, 0.25) is 0 Å². The monoisotopic (exact) mass is 280 g/mol. The van der Waals surface area contributed by atoms with Gasteiger partial charge >= 0.3 is 0 Å². The second-order valence-corrected chi connectivity index (χ2v) is 5.93. The summed E-state index contributed by atoms with van der Waals surface area (Å²) < 4.78 is 2.18. The molecular weight excluding hydrogens is 264 g/mol. The fourth-order valence-corrected chi connectivity index (χ4v) is 3.26. The molecule has 1 aromatic carbocycles. The first kappa shape index (κ1) is 13.5. The van der Waals surface area contributed by atoms with Gasteiger partial charge in [-0.15, -0.1) is 0 Å². The number of rotatable bonds is 4. The molecule has 0 bridgehead atoms. The smallest absolute Gasteiger partial charge is 0.103 e. The highest BCUT2D eigenvalue weighted by atomic mass is 35.5. The quantitative estimate of drug-likeness (QED) is 0.798. The molecule has 2 aromatic rings. The summed E-state index contributed by atoms with van der Waals surface area (Å²) in [5.74, 6) is 0.430. The molecule has 0 aliphatic rings. The topological polar surface area (TPSA) is 17.8 Å². The maximum absolute atomic E-state index is 6.03. The van der Waals surface area contributed by atoms with Gasteiger partial charge in [-0.05, 0) is 31.0 Å². The van der Waals surface area contributed by atoms with Crippen molar-refractivity contribution in [2.24, 2.45) is 0 Å². The molecule has 0 unspecified atom stereocenters. The third-order valence-corrected chi connectivity index (χ3v) is 4.08. The van der Waals surface area contributed by atoms with E-state index in [9.17, 15) is 0 Å². The molecule has 0 saturated heterocycles. The van der Waals surface area contributed by atoms with Crippen LogP contribution < -0.4 is 0 Å². The van der Waals surface area contributed by atoms with Crippen LogP contribution in [-0.2, 0) is 6.54 Å². The fourth-order valence-electron chi connectivity index (χ4n) is 1.76. The van der Waals surface area contributed by atoms with Gasteiger partial charge in [-0.25, -0.2) is 4.98 Å². The van der Waals surface area contributed by atoms with Gasteiger partial charge in [-0.1, -0.05) is 43.3 Å². The summed E-state index contributed by atoms with van der Waals surface area (Å²) in [6.07, 6.45) is 1.92. The first-order valence-corrected chi connectivity index (χ1v) is 7.29. The van der Waals surface area contributed by atoms with Crippen molar-refractivity contribution in [2.45, 2.75) is 43.2 Å². The molecule has 4 heteroatoms. The second-order valence-electron chi connectivity index (χ2n) is 4.44. The Morgan fingerprint density at radius 3 is 2.78 bits per heavy atom. The normalized spacial score (nSPS) is 11.2. The summed E-state index contributed by atoms with van der Waals surface area (Å²) >= 11 is 7.76. The van der Waals surface area contributed by atoms with E-state index in [2.05, 4.69) is 36.4 Å². The van der Waals surface area contributed by atoms with Crippen LogP contribution in [0.2, 0.25) is 5.02 Å². The molecule has 0 radical (unpaired) electrons. The molecule has 0 aliphatic heterocycles. The van der Waals surface area contributed by atoms with Crippen LogP contribution >= 0.6 is 23.4 Å². The molecule has 0 spiro atoms. The van der Waals surface area contributed by atoms with Gasteiger partial charge in [0.05, 0.1) is 12.0 Å². The number of aromatic nitrogens is 2. The minimum Gasteiger partial charge on any atom is -0.326 e. The number of hydrogen-bond acceptors (Lipinski definition) is 2. The minimum absolute atomic E-state index is 0.430. The first-order chi connectivity index (χ1) is 8.61. The Hall–Kier alpha value is -0.930. The van der Waals surface area contributed by atoms with Gasteiger partial charge in [0.25, 0.3) is 0 Å². The zero-order valence-electron chi connectivity index (χ0n) is 10.9. The number of halogens is 1. The lowest BCUT2D eigenvalue weighted by Crippen LogP contribution is -1.97. The molecule has 96 valence electrons. The summed E-state index contributed by atoms with van der Waals surface area (Å²) in [5, 5.41) is 1.99.